The van der Waals surface area contributed by atoms with Crippen LogP contribution in [0.4, 0.5) is 5.82 Å². The third-order valence-electron chi connectivity index (χ3n) is 5.29. The van der Waals surface area contributed by atoms with Gasteiger partial charge in [0.25, 0.3) is 0 Å². The largest absolute Gasteiger partial charge is 0.497 e. The summed E-state index contributed by atoms with van der Waals surface area (Å²) in [7, 11) is 1.69. The van der Waals surface area contributed by atoms with Crippen LogP contribution in [-0.4, -0.2) is 47.2 Å². The van der Waals surface area contributed by atoms with Gasteiger partial charge in [0.1, 0.15) is 17.9 Å². The van der Waals surface area contributed by atoms with E-state index in [0.29, 0.717) is 12.1 Å². The van der Waals surface area contributed by atoms with Crippen molar-refractivity contribution in [1.29, 1.82) is 0 Å². The van der Waals surface area contributed by atoms with Crippen LogP contribution >= 0.6 is 11.3 Å². The van der Waals surface area contributed by atoms with Gasteiger partial charge in [0.05, 0.1) is 17.3 Å². The number of piperidine rings is 1. The summed E-state index contributed by atoms with van der Waals surface area (Å²) in [6.45, 7) is 6.83. The first kappa shape index (κ1) is 18.2. The van der Waals surface area contributed by atoms with Gasteiger partial charge >= 0.3 is 0 Å². The lowest BCUT2D eigenvalue weighted by Gasteiger charge is -2.35. The van der Waals surface area contributed by atoms with Crippen LogP contribution in [0.15, 0.2) is 36.7 Å². The van der Waals surface area contributed by atoms with Crippen LogP contribution < -0.4 is 10.1 Å². The fourth-order valence-electron chi connectivity index (χ4n) is 3.61. The lowest BCUT2D eigenvalue weighted by molar-refractivity contribution is 0.177. The van der Waals surface area contributed by atoms with E-state index < -0.39 is 0 Å². The predicted octanol–water partition coefficient (Wildman–Crippen LogP) is 4.65. The van der Waals surface area contributed by atoms with Gasteiger partial charge in [-0.1, -0.05) is 0 Å². The molecule has 0 aliphatic carbocycles. The van der Waals surface area contributed by atoms with E-state index in [1.165, 1.54) is 10.4 Å². The van der Waals surface area contributed by atoms with E-state index in [9.17, 15) is 0 Å². The molecule has 0 bridgehead atoms. The second-order valence-corrected chi connectivity index (χ2v) is 8.38. The summed E-state index contributed by atoms with van der Waals surface area (Å²) in [5.74, 6) is 1.84. The van der Waals surface area contributed by atoms with Gasteiger partial charge in [-0.3, -0.25) is 0 Å². The molecule has 142 valence electrons. The average Bonchev–Trinajstić information content (AvgIpc) is 3.14. The van der Waals surface area contributed by atoms with Gasteiger partial charge in [-0.05, 0) is 62.6 Å². The molecule has 0 atom stereocenters. The number of nitrogens with one attached hydrogen (secondary N) is 1. The Kier molecular flexibility index (Phi) is 5.27. The molecule has 1 aromatic carbocycles. The maximum Gasteiger partial charge on any atom is 0.147 e. The van der Waals surface area contributed by atoms with Crippen molar-refractivity contribution >= 4 is 27.4 Å². The van der Waals surface area contributed by atoms with Crippen molar-refractivity contribution in [3.63, 3.8) is 0 Å². The minimum absolute atomic E-state index is 0.477. The monoisotopic (exact) mass is 382 g/mol. The molecule has 3 aromatic rings. The molecule has 1 aliphatic heterocycles. The summed E-state index contributed by atoms with van der Waals surface area (Å²) in [6, 6.07) is 11.4. The first-order chi connectivity index (χ1) is 13.1. The first-order valence-corrected chi connectivity index (χ1v) is 10.3. The molecule has 1 N–H and O–H groups in total. The van der Waals surface area contributed by atoms with Gasteiger partial charge in [0.2, 0.25) is 0 Å². The van der Waals surface area contributed by atoms with E-state index in [2.05, 4.69) is 52.2 Å². The van der Waals surface area contributed by atoms with Crippen molar-refractivity contribution < 1.29 is 4.74 Å². The Labute approximate surface area is 164 Å². The molecule has 4 rings (SSSR count). The van der Waals surface area contributed by atoms with Crippen LogP contribution in [0.1, 0.15) is 26.7 Å². The molecule has 1 fully saturated rings. The molecule has 0 radical (unpaired) electrons. The van der Waals surface area contributed by atoms with Gasteiger partial charge in [0, 0.05) is 30.1 Å². The van der Waals surface area contributed by atoms with Gasteiger partial charge in [0.15, 0.2) is 0 Å². The zero-order valence-electron chi connectivity index (χ0n) is 16.1. The van der Waals surface area contributed by atoms with Crippen LogP contribution in [0, 0.1) is 0 Å². The number of benzene rings is 1. The molecule has 0 unspecified atom stereocenters. The van der Waals surface area contributed by atoms with Crippen molar-refractivity contribution in [3.05, 3.63) is 36.7 Å². The molecule has 0 saturated carbocycles. The lowest BCUT2D eigenvalue weighted by Crippen LogP contribution is -2.42. The molecule has 2 aromatic heterocycles. The molecular weight excluding hydrogens is 356 g/mol. The molecule has 1 aliphatic rings. The van der Waals surface area contributed by atoms with Gasteiger partial charge < -0.3 is 15.0 Å². The van der Waals surface area contributed by atoms with Gasteiger partial charge in [-0.15, -0.1) is 11.3 Å². The number of aromatic nitrogens is 2. The van der Waals surface area contributed by atoms with Crippen molar-refractivity contribution in [2.45, 2.75) is 38.8 Å². The van der Waals surface area contributed by atoms with Crippen LogP contribution in [0.2, 0.25) is 0 Å². The summed E-state index contributed by atoms with van der Waals surface area (Å²) < 4.78 is 6.39. The SMILES string of the molecule is COc1ccc(-c2cc3ncnc(NC4CCN(C(C)C)CC4)c3s2)cc1. The van der Waals surface area contributed by atoms with E-state index in [4.69, 9.17) is 4.74 Å². The molecule has 27 heavy (non-hydrogen) atoms. The highest BCUT2D eigenvalue weighted by Gasteiger charge is 2.22. The quantitative estimate of drug-likeness (QED) is 0.696. The van der Waals surface area contributed by atoms with Crippen LogP contribution in [0.25, 0.3) is 20.7 Å². The van der Waals surface area contributed by atoms with E-state index in [1.54, 1.807) is 24.8 Å². The standard InChI is InChI=1S/C21H26N4OS/c1-14(2)25-10-8-16(9-11-25)24-21-20-18(22-13-23-21)12-19(27-20)15-4-6-17(26-3)7-5-15/h4-7,12-14,16H,8-11H2,1-3H3,(H,22,23,24). The Hall–Kier alpha value is -2.18. The third-order valence-corrected chi connectivity index (χ3v) is 6.47. The number of methoxy groups -OCH3 is 1. The van der Waals surface area contributed by atoms with E-state index in [0.717, 1.165) is 47.7 Å². The summed E-state index contributed by atoms with van der Waals surface area (Å²) in [5.41, 5.74) is 2.18. The molecule has 3 heterocycles. The minimum Gasteiger partial charge on any atom is -0.497 e. The highest BCUT2D eigenvalue weighted by Crippen LogP contribution is 2.36. The lowest BCUT2D eigenvalue weighted by atomic mass is 10.0. The molecule has 0 spiro atoms. The highest BCUT2D eigenvalue weighted by molar-refractivity contribution is 7.22. The molecule has 1 saturated heterocycles. The Morgan fingerprint density at radius 1 is 1.15 bits per heavy atom. The molecule has 5 nitrogen and oxygen atoms in total. The van der Waals surface area contributed by atoms with Crippen molar-refractivity contribution in [2.75, 3.05) is 25.5 Å². The van der Waals surface area contributed by atoms with E-state index in [-0.39, 0.29) is 0 Å². The summed E-state index contributed by atoms with van der Waals surface area (Å²) >= 11 is 1.75. The molecule has 0 amide bonds. The zero-order chi connectivity index (χ0) is 18.8. The summed E-state index contributed by atoms with van der Waals surface area (Å²) in [6.07, 6.45) is 3.97. The number of nitrogens with zero attached hydrogens (tertiary/aromatic N) is 3. The normalized spacial score (nSPS) is 16.1. The van der Waals surface area contributed by atoms with Gasteiger partial charge in [-0.2, -0.15) is 0 Å². The maximum absolute atomic E-state index is 5.26. The van der Waals surface area contributed by atoms with Crippen LogP contribution in [0.5, 0.6) is 5.75 Å². The van der Waals surface area contributed by atoms with E-state index in [1.807, 2.05) is 12.1 Å². The maximum atomic E-state index is 5.26. The zero-order valence-corrected chi connectivity index (χ0v) is 16.9. The fourth-order valence-corrected chi connectivity index (χ4v) is 4.68. The van der Waals surface area contributed by atoms with Crippen molar-refractivity contribution in [2.24, 2.45) is 0 Å². The summed E-state index contributed by atoms with van der Waals surface area (Å²) in [4.78, 5) is 12.8. The molecular formula is C21H26N4OS. The molecule has 6 heteroatoms. The van der Waals surface area contributed by atoms with Gasteiger partial charge in [-0.25, -0.2) is 9.97 Å². The number of hydrogen-bond acceptors (Lipinski definition) is 6. The average molecular weight is 383 g/mol. The number of rotatable bonds is 5. The van der Waals surface area contributed by atoms with Crippen molar-refractivity contribution in [1.82, 2.24) is 14.9 Å². The number of ether oxygens (including phenoxy) is 1. The van der Waals surface area contributed by atoms with Crippen molar-refractivity contribution in [3.8, 4) is 16.2 Å². The minimum atomic E-state index is 0.477. The second kappa shape index (κ2) is 7.82. The number of thiophene rings is 1. The fraction of sp³-hybridized carbons (Fsp3) is 0.429. The second-order valence-electron chi connectivity index (χ2n) is 7.32. The predicted molar refractivity (Wildman–Crippen MR) is 113 cm³/mol. The number of hydrogen-bond donors (Lipinski definition) is 1. The number of likely N-dealkylation sites (tertiary alicyclic amines) is 1. The van der Waals surface area contributed by atoms with Crippen LogP contribution in [-0.2, 0) is 0 Å². The first-order valence-electron chi connectivity index (χ1n) is 9.53. The van der Waals surface area contributed by atoms with E-state index >= 15 is 0 Å². The number of anilines is 1. The summed E-state index contributed by atoms with van der Waals surface area (Å²) in [5, 5.41) is 3.68. The number of fused-ring (bicyclic) bond motifs is 1. The third kappa shape index (κ3) is 3.92. The highest BCUT2D eigenvalue weighted by atomic mass is 32.1. The Morgan fingerprint density at radius 2 is 1.89 bits per heavy atom. The Bertz CT molecular complexity index is 898. The van der Waals surface area contributed by atoms with Crippen LogP contribution in [0.3, 0.4) is 0 Å². The Morgan fingerprint density at radius 3 is 2.56 bits per heavy atom. The Balaban J connectivity index is 1.54. The smallest absolute Gasteiger partial charge is 0.147 e. The topological polar surface area (TPSA) is 50.3 Å².